The van der Waals surface area contributed by atoms with Gasteiger partial charge in [0.2, 0.25) is 12.5 Å². The van der Waals surface area contributed by atoms with Gasteiger partial charge in [0.1, 0.15) is 64.2 Å². The predicted molar refractivity (Wildman–Crippen MR) is 289 cm³/mol. The van der Waals surface area contributed by atoms with Gasteiger partial charge in [0.25, 0.3) is 11.8 Å². The van der Waals surface area contributed by atoms with Crippen LogP contribution in [-0.4, -0.2) is 113 Å². The van der Waals surface area contributed by atoms with Gasteiger partial charge >= 0.3 is 11.8 Å². The number of halogens is 5. The molecule has 414 valence electrons. The molecule has 6 heterocycles. The first-order valence-electron chi connectivity index (χ1n) is 25.0. The third-order valence-corrected chi connectivity index (χ3v) is 14.2. The van der Waals surface area contributed by atoms with Crippen LogP contribution in [0.4, 0.5) is 29.2 Å². The molecule has 0 spiro atoms. The number of benzene rings is 5. The van der Waals surface area contributed by atoms with Gasteiger partial charge in [-0.2, -0.15) is 17.6 Å². The third-order valence-electron chi connectivity index (χ3n) is 13.5. The maximum absolute atomic E-state index is 14.6. The van der Waals surface area contributed by atoms with E-state index in [1.165, 1.54) is 30.9 Å². The van der Waals surface area contributed by atoms with Crippen molar-refractivity contribution in [2.45, 2.75) is 66.9 Å². The van der Waals surface area contributed by atoms with E-state index in [4.69, 9.17) is 35.7 Å². The number of methoxy groups -OCH3 is 2. The standard InChI is InChI=1S/C21H19ClO2.C19H18F2N4O3.C18H16F2N4O4/c1-23-19-12-8-17(9-13-19)21(22,16-6-4-3-5-7-16)18-10-14-20(24-2)15-11-18;1-2-13-14(26)19(20,21)18(28-13)25-9-8-12-15(22-10-23-16(12)25)24-17(27)11-6-4-3-5-7-11;19-18(20)13(26)12(8-25)28-17(18)24-7-6-11-14(21-9-22-15(11)24)23-16(27)10-4-2-1-3-5-10/h3-15H,1-2H3;3-10,13-14,18,26H,2H2,1H3,(H,22,23,24,27);1-7,9,12-13,17,25-26H,8H2,(H,21,22,23,27)/t;13-,14-,18-;12-,13-,17-/m.11/s1. The molecule has 5 aromatic carbocycles. The zero-order valence-corrected chi connectivity index (χ0v) is 43.7. The zero-order chi connectivity index (χ0) is 56.8. The van der Waals surface area contributed by atoms with Crippen LogP contribution in [0.15, 0.2) is 177 Å². The number of hydrogen-bond donors (Lipinski definition) is 5. The van der Waals surface area contributed by atoms with Crippen LogP contribution in [-0.2, 0) is 14.3 Å². The normalized spacial score (nSPS) is 20.0. The van der Waals surface area contributed by atoms with Crippen LogP contribution in [0.2, 0.25) is 0 Å². The number of carbonyl (C=O) groups excluding carboxylic acids is 2. The van der Waals surface area contributed by atoms with Crippen molar-refractivity contribution in [3.63, 3.8) is 0 Å². The second-order valence-electron chi connectivity index (χ2n) is 18.4. The lowest BCUT2D eigenvalue weighted by molar-refractivity contribution is -0.138. The van der Waals surface area contributed by atoms with E-state index in [2.05, 4.69) is 30.6 Å². The summed E-state index contributed by atoms with van der Waals surface area (Å²) < 4.78 is 81.3. The SMILES string of the molecule is CC[C@H]1O[C@@H](n2ccc3c(NC(=O)c4ccccc4)ncnc32)C(F)(F)[C@@H]1O.COc1ccc(C(Cl)(c2ccccc2)c2ccc(OC)cc2)cc1.O=C(Nc1ncnc2c1ccn2[C@@H]1O[C@H](CO)[C@@H](O)C1(F)F)c1ccccc1. The molecule has 5 N–H and O–H groups in total. The largest absolute Gasteiger partial charge is 0.497 e. The van der Waals surface area contributed by atoms with Crippen LogP contribution in [0, 0.1) is 0 Å². The fraction of sp³-hybridized carbons (Fsp3) is 0.241. The van der Waals surface area contributed by atoms with Gasteiger partial charge in [-0.15, -0.1) is 11.6 Å². The van der Waals surface area contributed by atoms with Crippen LogP contribution >= 0.6 is 11.6 Å². The molecule has 2 saturated heterocycles. The van der Waals surface area contributed by atoms with E-state index < -0.39 is 66.1 Å². The molecule has 17 nitrogen and oxygen atoms in total. The highest BCUT2D eigenvalue weighted by Crippen LogP contribution is 2.47. The average molecular weight is 1120 g/mol. The van der Waals surface area contributed by atoms with Crippen molar-refractivity contribution in [2.75, 3.05) is 31.5 Å². The fourth-order valence-corrected chi connectivity index (χ4v) is 9.66. The highest BCUT2D eigenvalue weighted by Gasteiger charge is 2.60. The number of hydrogen-bond acceptors (Lipinski definition) is 13. The van der Waals surface area contributed by atoms with Crippen molar-refractivity contribution in [1.82, 2.24) is 29.1 Å². The Balaban J connectivity index is 0.000000146. The van der Waals surface area contributed by atoms with Gasteiger partial charge in [-0.05, 0) is 83.8 Å². The smallest absolute Gasteiger partial charge is 0.320 e. The Morgan fingerprint density at radius 3 is 1.32 bits per heavy atom. The Hall–Kier alpha value is -8.31. The van der Waals surface area contributed by atoms with Crippen molar-refractivity contribution >= 4 is 57.1 Å². The highest BCUT2D eigenvalue weighted by atomic mass is 35.5. The molecule has 6 atom stereocenters. The summed E-state index contributed by atoms with van der Waals surface area (Å²) in [4.78, 5) is 40.1. The van der Waals surface area contributed by atoms with Crippen molar-refractivity contribution in [3.8, 4) is 11.5 Å². The van der Waals surface area contributed by atoms with Gasteiger partial charge < -0.3 is 54.0 Å². The maximum atomic E-state index is 14.6. The first-order chi connectivity index (χ1) is 38.5. The number of aromatic nitrogens is 6. The monoisotopic (exact) mass is 1120 g/mol. The van der Waals surface area contributed by atoms with Crippen molar-refractivity contribution < 1.29 is 61.4 Å². The summed E-state index contributed by atoms with van der Waals surface area (Å²) in [5.74, 6) is -5.95. The first kappa shape index (κ1) is 56.4. The molecule has 0 radical (unpaired) electrons. The fourth-order valence-electron chi connectivity index (χ4n) is 9.28. The number of nitrogens with zero attached hydrogens (tertiary/aromatic N) is 6. The van der Waals surface area contributed by atoms with E-state index in [0.717, 1.165) is 43.7 Å². The molecular weight excluding hydrogens is 1060 g/mol. The van der Waals surface area contributed by atoms with Gasteiger partial charge in [-0.1, -0.05) is 97.9 Å². The van der Waals surface area contributed by atoms with Gasteiger partial charge in [0.05, 0.1) is 37.7 Å². The van der Waals surface area contributed by atoms with Gasteiger partial charge in [0.15, 0.2) is 6.10 Å². The molecule has 0 saturated carbocycles. The third kappa shape index (κ3) is 11.2. The van der Waals surface area contributed by atoms with Gasteiger partial charge in [-0.25, -0.2) is 19.9 Å². The molecule has 2 fully saturated rings. The minimum atomic E-state index is -3.64. The lowest BCUT2D eigenvalue weighted by atomic mass is 9.84. The number of anilines is 2. The summed E-state index contributed by atoms with van der Waals surface area (Å²) in [5, 5.41) is 34.8. The van der Waals surface area contributed by atoms with Crippen molar-refractivity contribution in [2.24, 2.45) is 0 Å². The maximum Gasteiger partial charge on any atom is 0.320 e. The number of nitrogens with one attached hydrogen (secondary N) is 2. The van der Waals surface area contributed by atoms with Crippen LogP contribution < -0.4 is 20.1 Å². The molecule has 11 rings (SSSR count). The predicted octanol–water partition coefficient (Wildman–Crippen LogP) is 9.79. The molecule has 2 aliphatic rings. The number of aliphatic hydroxyl groups is 3. The molecule has 9 aromatic rings. The molecule has 2 amide bonds. The summed E-state index contributed by atoms with van der Waals surface area (Å²) in [6.45, 7) is 0.916. The molecule has 80 heavy (non-hydrogen) atoms. The summed E-state index contributed by atoms with van der Waals surface area (Å²) in [7, 11) is 3.31. The van der Waals surface area contributed by atoms with E-state index in [1.54, 1.807) is 81.8 Å². The Bertz CT molecular complexity index is 3340. The van der Waals surface area contributed by atoms with Crippen LogP contribution in [0.25, 0.3) is 22.1 Å². The summed E-state index contributed by atoms with van der Waals surface area (Å²) in [5.41, 5.74) is 4.10. The Labute approximate surface area is 460 Å². The molecule has 0 bridgehead atoms. The van der Waals surface area contributed by atoms with E-state index in [9.17, 15) is 37.4 Å². The number of ether oxygens (including phenoxy) is 4. The first-order valence-corrected chi connectivity index (χ1v) is 25.4. The average Bonchev–Trinajstić information content (AvgIpc) is 4.26. The second kappa shape index (κ2) is 24.0. The van der Waals surface area contributed by atoms with E-state index in [-0.39, 0.29) is 35.3 Å². The van der Waals surface area contributed by atoms with E-state index in [1.807, 2.05) is 78.9 Å². The number of alkyl halides is 5. The highest BCUT2D eigenvalue weighted by molar-refractivity contribution is 6.28. The summed E-state index contributed by atoms with van der Waals surface area (Å²) >= 11 is 7.22. The Kier molecular flexibility index (Phi) is 16.9. The quantitative estimate of drug-likeness (QED) is 0.0413. The summed E-state index contributed by atoms with van der Waals surface area (Å²) in [6, 6.07) is 45.8. The molecule has 2 aliphatic heterocycles. The lowest BCUT2D eigenvalue weighted by Crippen LogP contribution is -2.39. The van der Waals surface area contributed by atoms with Crippen LogP contribution in [0.3, 0.4) is 0 Å². The number of amides is 2. The minimum Gasteiger partial charge on any atom is -0.497 e. The summed E-state index contributed by atoms with van der Waals surface area (Å²) in [6.07, 6.45) is -4.75. The molecule has 0 unspecified atom stereocenters. The second-order valence-corrected chi connectivity index (χ2v) is 18.9. The van der Waals surface area contributed by atoms with Crippen LogP contribution in [0.5, 0.6) is 11.5 Å². The number of rotatable bonds is 13. The van der Waals surface area contributed by atoms with E-state index in [0.29, 0.717) is 21.9 Å². The van der Waals surface area contributed by atoms with Crippen molar-refractivity contribution in [3.05, 3.63) is 205 Å². The van der Waals surface area contributed by atoms with Gasteiger partial charge in [-0.3, -0.25) is 9.59 Å². The van der Waals surface area contributed by atoms with Gasteiger partial charge in [0, 0.05) is 23.5 Å². The van der Waals surface area contributed by atoms with Crippen molar-refractivity contribution in [1.29, 1.82) is 0 Å². The number of aliphatic hydroxyl groups excluding tert-OH is 3. The van der Waals surface area contributed by atoms with E-state index >= 15 is 0 Å². The molecule has 4 aromatic heterocycles. The zero-order valence-electron chi connectivity index (χ0n) is 43.0. The number of fused-ring (bicyclic) bond motifs is 2. The topological polar surface area (TPSA) is 217 Å². The minimum absolute atomic E-state index is 0.0915. The Morgan fingerprint density at radius 1 is 0.588 bits per heavy atom. The van der Waals surface area contributed by atoms with Crippen LogP contribution in [0.1, 0.15) is 63.2 Å². The molecular formula is C58H53ClF4N8O9. The molecule has 22 heteroatoms. The number of carbonyl (C=O) groups is 2. The Morgan fingerprint density at radius 2 is 0.963 bits per heavy atom. The lowest BCUT2D eigenvalue weighted by Gasteiger charge is -2.29. The molecule has 0 aliphatic carbocycles.